The Labute approximate surface area is 104 Å². The van der Waals surface area contributed by atoms with Crippen molar-refractivity contribution in [1.29, 1.82) is 0 Å². The Kier molecular flexibility index (Phi) is 3.96. The minimum Gasteiger partial charge on any atom is -1.00 e. The van der Waals surface area contributed by atoms with Gasteiger partial charge in [0, 0.05) is 21.5 Å². The van der Waals surface area contributed by atoms with E-state index in [-0.39, 0.29) is 29.8 Å². The third-order valence-electron chi connectivity index (χ3n) is 1.91. The van der Waals surface area contributed by atoms with Gasteiger partial charge in [-0.3, -0.25) is 0 Å². The molecule has 2 aromatic rings. The fourth-order valence-corrected chi connectivity index (χ4v) is 1.18. The Morgan fingerprint density at radius 2 is 1.73 bits per heavy atom. The molecule has 1 aromatic heterocycles. The van der Waals surface area contributed by atoms with Crippen LogP contribution in [0.25, 0.3) is 11.1 Å². The first-order chi connectivity index (χ1) is 6.75. The fraction of sp³-hybridized carbons (Fsp3) is 0. The highest BCUT2D eigenvalue weighted by atomic mass is 127. The Bertz CT molecular complexity index is 384. The van der Waals surface area contributed by atoms with Crippen LogP contribution in [0.15, 0.2) is 42.7 Å². The standard InChI is InChI=1S/C10H9FN3.HI/c11-10-3-1-8(2-4-10)9-5-6-14(12)13-7-9;/h1-7H,(H2,12,13);1H/q+1;/p-1. The predicted molar refractivity (Wildman–Crippen MR) is 50.0 cm³/mol. The van der Waals surface area contributed by atoms with Crippen LogP contribution in [0, 0.1) is 5.82 Å². The van der Waals surface area contributed by atoms with E-state index in [2.05, 4.69) is 5.10 Å². The van der Waals surface area contributed by atoms with E-state index in [9.17, 15) is 4.39 Å². The quantitative estimate of drug-likeness (QED) is 0.372. The average Bonchev–Trinajstić information content (AvgIpc) is 2.21. The second-order valence-electron chi connectivity index (χ2n) is 2.90. The van der Waals surface area contributed by atoms with E-state index in [0.717, 1.165) is 11.1 Å². The molecule has 3 nitrogen and oxygen atoms in total. The third-order valence-corrected chi connectivity index (χ3v) is 1.91. The maximum atomic E-state index is 12.6. The molecule has 15 heavy (non-hydrogen) atoms. The number of benzene rings is 1. The van der Waals surface area contributed by atoms with E-state index in [4.69, 9.17) is 5.84 Å². The molecule has 0 aliphatic rings. The minimum atomic E-state index is -0.244. The molecular formula is C10H9FIN3. The molecule has 0 radical (unpaired) electrons. The van der Waals surface area contributed by atoms with Crippen molar-refractivity contribution in [2.75, 3.05) is 5.84 Å². The number of halogens is 2. The number of nitrogens with two attached hydrogens (primary N) is 1. The van der Waals surface area contributed by atoms with Crippen LogP contribution in [0.2, 0.25) is 0 Å². The lowest BCUT2D eigenvalue weighted by Crippen LogP contribution is -3.00. The van der Waals surface area contributed by atoms with Crippen LogP contribution in [0.5, 0.6) is 0 Å². The molecule has 5 heteroatoms. The van der Waals surface area contributed by atoms with Gasteiger partial charge in [-0.25, -0.2) is 4.39 Å². The van der Waals surface area contributed by atoms with Gasteiger partial charge in [0.25, 0.3) is 0 Å². The van der Waals surface area contributed by atoms with Crippen LogP contribution in [0.1, 0.15) is 0 Å². The smallest absolute Gasteiger partial charge is 0.230 e. The van der Waals surface area contributed by atoms with Crippen molar-refractivity contribution in [3.05, 3.63) is 48.5 Å². The van der Waals surface area contributed by atoms with Gasteiger partial charge in [0.2, 0.25) is 6.20 Å². The van der Waals surface area contributed by atoms with E-state index in [1.54, 1.807) is 24.5 Å². The second kappa shape index (κ2) is 5.01. The van der Waals surface area contributed by atoms with Gasteiger partial charge in [-0.2, -0.15) is 5.84 Å². The van der Waals surface area contributed by atoms with Crippen molar-refractivity contribution in [1.82, 2.24) is 5.10 Å². The monoisotopic (exact) mass is 317 g/mol. The highest BCUT2D eigenvalue weighted by Crippen LogP contribution is 2.16. The molecule has 2 N–H and O–H groups in total. The molecule has 0 bridgehead atoms. The molecule has 1 heterocycles. The molecule has 0 fully saturated rings. The summed E-state index contributed by atoms with van der Waals surface area (Å²) in [7, 11) is 0. The van der Waals surface area contributed by atoms with Crippen molar-refractivity contribution in [2.24, 2.45) is 0 Å². The van der Waals surface area contributed by atoms with Crippen LogP contribution in [-0.2, 0) is 0 Å². The summed E-state index contributed by atoms with van der Waals surface area (Å²) in [4.78, 5) is 1.22. The summed E-state index contributed by atoms with van der Waals surface area (Å²) in [6, 6.07) is 8.05. The lowest BCUT2D eigenvalue weighted by Gasteiger charge is -1.97. The van der Waals surface area contributed by atoms with E-state index in [1.165, 1.54) is 16.9 Å². The lowest BCUT2D eigenvalue weighted by atomic mass is 10.1. The lowest BCUT2D eigenvalue weighted by molar-refractivity contribution is -0.700. The zero-order valence-corrected chi connectivity index (χ0v) is 9.93. The van der Waals surface area contributed by atoms with Gasteiger partial charge in [-0.1, -0.05) is 12.1 Å². The summed E-state index contributed by atoms with van der Waals surface area (Å²) in [6.45, 7) is 0. The van der Waals surface area contributed by atoms with Crippen molar-refractivity contribution in [3.63, 3.8) is 0 Å². The van der Waals surface area contributed by atoms with E-state index < -0.39 is 0 Å². The van der Waals surface area contributed by atoms with Gasteiger partial charge in [0.1, 0.15) is 12.0 Å². The Hall–Kier alpha value is -1.24. The van der Waals surface area contributed by atoms with Gasteiger partial charge >= 0.3 is 0 Å². The molecular weight excluding hydrogens is 308 g/mol. The number of nitrogen functional groups attached to an aromatic ring is 1. The third kappa shape index (κ3) is 2.85. The number of hydrogen-bond acceptors (Lipinski definition) is 2. The van der Waals surface area contributed by atoms with Gasteiger partial charge in [-0.05, 0) is 17.7 Å². The molecule has 78 valence electrons. The van der Waals surface area contributed by atoms with Crippen molar-refractivity contribution >= 4 is 0 Å². The summed E-state index contributed by atoms with van der Waals surface area (Å²) < 4.78 is 12.6. The van der Waals surface area contributed by atoms with Crippen LogP contribution in [0.3, 0.4) is 0 Å². The highest BCUT2D eigenvalue weighted by molar-refractivity contribution is 5.61. The molecule has 0 unspecified atom stereocenters. The molecule has 0 amide bonds. The number of hydrogen-bond donors (Lipinski definition) is 1. The summed E-state index contributed by atoms with van der Waals surface area (Å²) in [6.07, 6.45) is 3.27. The molecule has 2 rings (SSSR count). The Morgan fingerprint density at radius 3 is 2.27 bits per heavy atom. The number of nitrogens with zero attached hydrogens (tertiary/aromatic N) is 2. The fourth-order valence-electron chi connectivity index (χ4n) is 1.18. The normalized spacial score (nSPS) is 9.40. The number of aromatic nitrogens is 2. The summed E-state index contributed by atoms with van der Waals surface area (Å²) in [5, 5.41) is 3.88. The SMILES string of the molecule is N[n+]1ccc(-c2ccc(F)cc2)cn1.[I-]. The summed E-state index contributed by atoms with van der Waals surface area (Å²) in [5.41, 5.74) is 1.83. The molecule has 0 atom stereocenters. The first kappa shape index (κ1) is 11.8. The minimum absolute atomic E-state index is 0. The molecule has 0 aliphatic carbocycles. The number of rotatable bonds is 1. The van der Waals surface area contributed by atoms with Gasteiger partial charge < -0.3 is 24.0 Å². The first-order valence-electron chi connectivity index (χ1n) is 4.15. The predicted octanol–water partition coefficient (Wildman–Crippen LogP) is -2.11. The molecule has 1 aromatic carbocycles. The van der Waals surface area contributed by atoms with E-state index in [1.807, 2.05) is 6.07 Å². The summed E-state index contributed by atoms with van der Waals surface area (Å²) in [5.74, 6) is 5.13. The van der Waals surface area contributed by atoms with Crippen LogP contribution < -0.4 is 34.6 Å². The zero-order chi connectivity index (χ0) is 9.97. The topological polar surface area (TPSA) is 42.8 Å². The summed E-state index contributed by atoms with van der Waals surface area (Å²) >= 11 is 0. The van der Waals surface area contributed by atoms with Crippen LogP contribution in [0.4, 0.5) is 4.39 Å². The zero-order valence-electron chi connectivity index (χ0n) is 7.77. The molecule has 0 saturated heterocycles. The molecule has 0 spiro atoms. The van der Waals surface area contributed by atoms with Gasteiger partial charge in [0.05, 0.1) is 0 Å². The second-order valence-corrected chi connectivity index (χ2v) is 2.90. The van der Waals surface area contributed by atoms with Gasteiger partial charge in [0.15, 0.2) is 0 Å². The van der Waals surface area contributed by atoms with Crippen molar-refractivity contribution in [3.8, 4) is 11.1 Å². The van der Waals surface area contributed by atoms with Gasteiger partial charge in [-0.15, -0.1) is 0 Å². The van der Waals surface area contributed by atoms with E-state index >= 15 is 0 Å². The van der Waals surface area contributed by atoms with Crippen LogP contribution in [-0.4, -0.2) is 5.10 Å². The average molecular weight is 317 g/mol. The van der Waals surface area contributed by atoms with Crippen molar-refractivity contribution < 1.29 is 33.2 Å². The molecule has 0 saturated carbocycles. The van der Waals surface area contributed by atoms with E-state index in [0.29, 0.717) is 0 Å². The maximum Gasteiger partial charge on any atom is 0.230 e. The Morgan fingerprint density at radius 1 is 1.07 bits per heavy atom. The maximum absolute atomic E-state index is 12.6. The van der Waals surface area contributed by atoms with Crippen LogP contribution >= 0.6 is 0 Å². The first-order valence-corrected chi connectivity index (χ1v) is 4.15. The Balaban J connectivity index is 0.00000112. The largest absolute Gasteiger partial charge is 1.00 e. The van der Waals surface area contributed by atoms with Crippen molar-refractivity contribution in [2.45, 2.75) is 0 Å². The highest BCUT2D eigenvalue weighted by Gasteiger charge is 2.01. The molecule has 0 aliphatic heterocycles.